The fourth-order valence-corrected chi connectivity index (χ4v) is 3.57. The highest BCUT2D eigenvalue weighted by Gasteiger charge is 2.28. The zero-order valence-corrected chi connectivity index (χ0v) is 15.5. The fourth-order valence-electron chi connectivity index (χ4n) is 3.57. The van der Waals surface area contributed by atoms with Crippen molar-refractivity contribution in [1.29, 1.82) is 0 Å². The Morgan fingerprint density at radius 2 is 2.00 bits per heavy atom. The second-order valence-electron chi connectivity index (χ2n) is 7.26. The molecule has 1 aromatic heterocycles. The minimum atomic E-state index is 0.00742. The van der Waals surface area contributed by atoms with Gasteiger partial charge in [0.2, 0.25) is 5.91 Å². The van der Waals surface area contributed by atoms with Gasteiger partial charge in [0.15, 0.2) is 0 Å². The molecule has 2 aliphatic rings. The van der Waals surface area contributed by atoms with Gasteiger partial charge < -0.3 is 10.1 Å². The molecule has 7 nitrogen and oxygen atoms in total. The van der Waals surface area contributed by atoms with Gasteiger partial charge in [-0.25, -0.2) is 4.98 Å². The Bertz CT molecular complexity index is 869. The van der Waals surface area contributed by atoms with Crippen LogP contribution in [-0.2, 0) is 16.0 Å². The second kappa shape index (κ2) is 8.19. The summed E-state index contributed by atoms with van der Waals surface area (Å²) < 4.78 is 7.14. The summed E-state index contributed by atoms with van der Waals surface area (Å²) in [5, 5.41) is 3.64. The molecule has 0 radical (unpaired) electrons. The number of rotatable bonds is 7. The third kappa shape index (κ3) is 4.36. The van der Waals surface area contributed by atoms with E-state index in [1.807, 2.05) is 28.8 Å². The summed E-state index contributed by atoms with van der Waals surface area (Å²) >= 11 is 0. The molecule has 27 heavy (non-hydrogen) atoms. The molecule has 1 saturated carbocycles. The summed E-state index contributed by atoms with van der Waals surface area (Å²) in [4.78, 5) is 32.0. The largest absolute Gasteiger partial charge is 0.379 e. The lowest BCUT2D eigenvalue weighted by Crippen LogP contribution is -2.41. The highest BCUT2D eigenvalue weighted by atomic mass is 16.5. The van der Waals surface area contributed by atoms with Crippen molar-refractivity contribution >= 4 is 16.8 Å². The third-order valence-electron chi connectivity index (χ3n) is 5.22. The van der Waals surface area contributed by atoms with Gasteiger partial charge in [-0.1, -0.05) is 12.1 Å². The first kappa shape index (κ1) is 18.1. The van der Waals surface area contributed by atoms with Crippen LogP contribution in [0.4, 0.5) is 0 Å². The quantitative estimate of drug-likeness (QED) is 0.790. The van der Waals surface area contributed by atoms with E-state index in [1.165, 1.54) is 0 Å². The van der Waals surface area contributed by atoms with Crippen molar-refractivity contribution in [2.24, 2.45) is 0 Å². The van der Waals surface area contributed by atoms with Crippen LogP contribution in [0.25, 0.3) is 10.9 Å². The van der Waals surface area contributed by atoms with Crippen LogP contribution in [0.3, 0.4) is 0 Å². The Balaban J connectivity index is 1.37. The molecule has 4 rings (SSSR count). The Morgan fingerprint density at radius 1 is 1.22 bits per heavy atom. The average molecular weight is 370 g/mol. The number of ether oxygens (including phenoxy) is 1. The number of nitrogens with one attached hydrogen (secondary N) is 1. The van der Waals surface area contributed by atoms with Gasteiger partial charge in [-0.3, -0.25) is 19.1 Å². The zero-order chi connectivity index (χ0) is 18.6. The number of aromatic nitrogens is 2. The normalized spacial score (nSPS) is 17.9. The Hall–Kier alpha value is -2.25. The van der Waals surface area contributed by atoms with Crippen LogP contribution in [0.2, 0.25) is 0 Å². The number of hydrogen-bond donors (Lipinski definition) is 1. The number of carbonyl (C=O) groups excluding carboxylic acids is 1. The lowest BCUT2D eigenvalue weighted by atomic mass is 10.2. The molecule has 1 aromatic carbocycles. The monoisotopic (exact) mass is 370 g/mol. The molecule has 7 heteroatoms. The van der Waals surface area contributed by atoms with E-state index >= 15 is 0 Å². The third-order valence-corrected chi connectivity index (χ3v) is 5.22. The van der Waals surface area contributed by atoms with Crippen LogP contribution in [0.1, 0.15) is 31.1 Å². The van der Waals surface area contributed by atoms with Crippen molar-refractivity contribution in [3.63, 3.8) is 0 Å². The Morgan fingerprint density at radius 3 is 2.78 bits per heavy atom. The molecular weight excluding hydrogens is 344 g/mol. The van der Waals surface area contributed by atoms with Gasteiger partial charge in [0, 0.05) is 45.1 Å². The fraction of sp³-hybridized carbons (Fsp3) is 0.550. The number of para-hydroxylation sites is 1. The predicted molar refractivity (Wildman–Crippen MR) is 103 cm³/mol. The van der Waals surface area contributed by atoms with Gasteiger partial charge >= 0.3 is 0 Å². The van der Waals surface area contributed by atoms with Gasteiger partial charge in [-0.2, -0.15) is 0 Å². The van der Waals surface area contributed by atoms with E-state index in [2.05, 4.69) is 15.2 Å². The maximum Gasteiger partial charge on any atom is 0.261 e. The molecule has 0 unspecified atom stereocenters. The van der Waals surface area contributed by atoms with Crippen molar-refractivity contribution in [2.45, 2.75) is 31.7 Å². The molecule has 1 aliphatic carbocycles. The number of nitrogens with zero attached hydrogens (tertiary/aromatic N) is 3. The summed E-state index contributed by atoms with van der Waals surface area (Å²) in [6, 6.07) is 7.68. The standard InChI is InChI=1S/C20H26N4O3/c25-19(21-9-10-23-11-13-27-14-12-23)8-7-18-22-17-4-2-1-3-16(17)20(26)24(18)15-5-6-15/h1-4,15H,5-14H2,(H,21,25). The van der Waals surface area contributed by atoms with E-state index in [-0.39, 0.29) is 17.5 Å². The molecule has 144 valence electrons. The van der Waals surface area contributed by atoms with Crippen molar-refractivity contribution < 1.29 is 9.53 Å². The van der Waals surface area contributed by atoms with Crippen LogP contribution in [0.5, 0.6) is 0 Å². The SMILES string of the molecule is O=C(CCc1nc2ccccc2c(=O)n1C1CC1)NCCN1CCOCC1. The number of benzene rings is 1. The molecule has 1 N–H and O–H groups in total. The summed E-state index contributed by atoms with van der Waals surface area (Å²) in [7, 11) is 0. The topological polar surface area (TPSA) is 76.5 Å². The summed E-state index contributed by atoms with van der Waals surface area (Å²) in [5.41, 5.74) is 0.730. The van der Waals surface area contributed by atoms with Crippen molar-refractivity contribution in [3.05, 3.63) is 40.4 Å². The smallest absolute Gasteiger partial charge is 0.261 e. The number of morpholine rings is 1. The van der Waals surface area contributed by atoms with Gasteiger partial charge in [0.25, 0.3) is 5.56 Å². The van der Waals surface area contributed by atoms with Crippen molar-refractivity contribution in [3.8, 4) is 0 Å². The predicted octanol–water partition coefficient (Wildman–Crippen LogP) is 1.11. The molecule has 2 aromatic rings. The number of hydrogen-bond acceptors (Lipinski definition) is 5. The van der Waals surface area contributed by atoms with Gasteiger partial charge in [-0.05, 0) is 25.0 Å². The van der Waals surface area contributed by atoms with Gasteiger partial charge in [0.05, 0.1) is 24.1 Å². The van der Waals surface area contributed by atoms with Crippen molar-refractivity contribution in [1.82, 2.24) is 19.8 Å². The molecule has 1 amide bonds. The molecule has 0 atom stereocenters. The minimum absolute atomic E-state index is 0.00742. The van der Waals surface area contributed by atoms with Gasteiger partial charge in [-0.15, -0.1) is 0 Å². The Kier molecular flexibility index (Phi) is 5.50. The first-order chi connectivity index (χ1) is 13.2. The van der Waals surface area contributed by atoms with E-state index in [0.717, 1.165) is 51.5 Å². The summed E-state index contributed by atoms with van der Waals surface area (Å²) in [6.07, 6.45) is 2.86. The Labute approximate surface area is 158 Å². The summed E-state index contributed by atoms with van der Waals surface area (Å²) in [6.45, 7) is 4.85. The number of aryl methyl sites for hydroxylation is 1. The van der Waals surface area contributed by atoms with Crippen LogP contribution >= 0.6 is 0 Å². The first-order valence-electron chi connectivity index (χ1n) is 9.79. The van der Waals surface area contributed by atoms with E-state index in [1.54, 1.807) is 0 Å². The van der Waals surface area contributed by atoms with Crippen molar-refractivity contribution in [2.75, 3.05) is 39.4 Å². The molecule has 1 saturated heterocycles. The lowest BCUT2D eigenvalue weighted by molar-refractivity contribution is -0.121. The average Bonchev–Trinajstić information content (AvgIpc) is 3.52. The molecule has 2 fully saturated rings. The summed E-state index contributed by atoms with van der Waals surface area (Å²) in [5.74, 6) is 0.734. The van der Waals surface area contributed by atoms with Crippen LogP contribution in [0, 0.1) is 0 Å². The molecule has 0 spiro atoms. The lowest BCUT2D eigenvalue weighted by Gasteiger charge is -2.26. The maximum atomic E-state index is 12.8. The van der Waals surface area contributed by atoms with E-state index in [0.29, 0.717) is 30.3 Å². The number of fused-ring (bicyclic) bond motifs is 1. The van der Waals surface area contributed by atoms with Crippen LogP contribution in [0.15, 0.2) is 29.1 Å². The van der Waals surface area contributed by atoms with E-state index in [9.17, 15) is 9.59 Å². The minimum Gasteiger partial charge on any atom is -0.379 e. The zero-order valence-electron chi connectivity index (χ0n) is 15.5. The van der Waals surface area contributed by atoms with E-state index in [4.69, 9.17) is 4.74 Å². The van der Waals surface area contributed by atoms with Crippen LogP contribution < -0.4 is 10.9 Å². The van der Waals surface area contributed by atoms with Crippen LogP contribution in [-0.4, -0.2) is 59.8 Å². The number of amides is 1. The first-order valence-corrected chi connectivity index (χ1v) is 9.79. The molecule has 1 aliphatic heterocycles. The highest BCUT2D eigenvalue weighted by molar-refractivity contribution is 5.78. The molecular formula is C20H26N4O3. The maximum absolute atomic E-state index is 12.8. The van der Waals surface area contributed by atoms with Gasteiger partial charge in [0.1, 0.15) is 5.82 Å². The molecule has 0 bridgehead atoms. The number of carbonyl (C=O) groups is 1. The molecule has 2 heterocycles. The second-order valence-corrected chi connectivity index (χ2v) is 7.26. The highest BCUT2D eigenvalue weighted by Crippen LogP contribution is 2.34. The van der Waals surface area contributed by atoms with E-state index < -0.39 is 0 Å².